The lowest BCUT2D eigenvalue weighted by Crippen LogP contribution is -2.27. The molecule has 0 bridgehead atoms. The molecule has 4 N–H and O–H groups in total. The summed E-state index contributed by atoms with van der Waals surface area (Å²) in [7, 11) is -3.61. The number of nitrogens with two attached hydrogens (primary N) is 1. The summed E-state index contributed by atoms with van der Waals surface area (Å²) in [5.41, 5.74) is 5.50. The van der Waals surface area contributed by atoms with E-state index in [0.717, 1.165) is 0 Å². The standard InChI is InChI=1S/C12H18N2O4S/c13-11-7-10(3-4-12(11)15)19(16,17)14-5-6-18-8-9-1-2-9/h3-4,7,9,14-15H,1-2,5-6,8,13H2. The Hall–Kier alpha value is -1.31. The van der Waals surface area contributed by atoms with E-state index in [9.17, 15) is 13.5 Å². The largest absolute Gasteiger partial charge is 0.506 e. The molecule has 0 aliphatic heterocycles. The van der Waals surface area contributed by atoms with Crippen LogP contribution in [0.15, 0.2) is 23.1 Å². The quantitative estimate of drug-likeness (QED) is 0.389. The van der Waals surface area contributed by atoms with Gasteiger partial charge in [0.15, 0.2) is 0 Å². The first kappa shape index (κ1) is 14.1. The molecule has 1 aromatic rings. The summed E-state index contributed by atoms with van der Waals surface area (Å²) in [5, 5.41) is 9.25. The molecular formula is C12H18N2O4S. The van der Waals surface area contributed by atoms with Gasteiger partial charge in [-0.3, -0.25) is 0 Å². The normalized spacial score (nSPS) is 15.6. The van der Waals surface area contributed by atoms with Crippen molar-refractivity contribution in [2.75, 3.05) is 25.5 Å². The topological polar surface area (TPSA) is 102 Å². The number of nitrogens with one attached hydrogen (secondary N) is 1. The molecule has 1 fully saturated rings. The highest BCUT2D eigenvalue weighted by molar-refractivity contribution is 7.89. The molecule has 7 heteroatoms. The summed E-state index contributed by atoms with van der Waals surface area (Å²) in [5.74, 6) is 0.528. The predicted molar refractivity (Wildman–Crippen MR) is 71.3 cm³/mol. The molecule has 0 radical (unpaired) electrons. The molecule has 0 heterocycles. The number of hydrogen-bond acceptors (Lipinski definition) is 5. The highest BCUT2D eigenvalue weighted by Gasteiger charge is 2.21. The van der Waals surface area contributed by atoms with Gasteiger partial charge in [-0.1, -0.05) is 0 Å². The highest BCUT2D eigenvalue weighted by Crippen LogP contribution is 2.28. The van der Waals surface area contributed by atoms with Crippen LogP contribution in [0.2, 0.25) is 0 Å². The Labute approximate surface area is 112 Å². The van der Waals surface area contributed by atoms with Crippen LogP contribution in [-0.2, 0) is 14.8 Å². The number of benzene rings is 1. The predicted octanol–water partition coefficient (Wildman–Crippen LogP) is 0.679. The van der Waals surface area contributed by atoms with Crippen molar-refractivity contribution < 1.29 is 18.3 Å². The number of sulfonamides is 1. The summed E-state index contributed by atoms with van der Waals surface area (Å²) in [6.45, 7) is 1.27. The van der Waals surface area contributed by atoms with Crippen LogP contribution in [0.25, 0.3) is 0 Å². The molecule has 6 nitrogen and oxygen atoms in total. The van der Waals surface area contributed by atoms with E-state index in [1.807, 2.05) is 0 Å². The van der Waals surface area contributed by atoms with Gasteiger partial charge in [-0.2, -0.15) is 0 Å². The van der Waals surface area contributed by atoms with Crippen molar-refractivity contribution in [2.45, 2.75) is 17.7 Å². The highest BCUT2D eigenvalue weighted by atomic mass is 32.2. The minimum atomic E-state index is -3.61. The maximum absolute atomic E-state index is 11.9. The van der Waals surface area contributed by atoms with Gasteiger partial charge >= 0.3 is 0 Å². The minimum Gasteiger partial charge on any atom is -0.506 e. The van der Waals surface area contributed by atoms with Gasteiger partial charge in [0.2, 0.25) is 10.0 Å². The summed E-state index contributed by atoms with van der Waals surface area (Å²) >= 11 is 0. The number of phenolic OH excluding ortho intramolecular Hbond substituents is 1. The minimum absolute atomic E-state index is 0.0324. The lowest BCUT2D eigenvalue weighted by atomic mass is 10.3. The Balaban J connectivity index is 1.84. The van der Waals surface area contributed by atoms with Gasteiger partial charge in [-0.15, -0.1) is 0 Å². The summed E-state index contributed by atoms with van der Waals surface area (Å²) in [4.78, 5) is 0.0324. The van der Waals surface area contributed by atoms with Gasteiger partial charge in [0.1, 0.15) is 5.75 Å². The van der Waals surface area contributed by atoms with Gasteiger partial charge in [0.25, 0.3) is 0 Å². The average Bonchev–Trinajstić information content (AvgIpc) is 3.16. The molecule has 0 atom stereocenters. The van der Waals surface area contributed by atoms with Crippen LogP contribution in [0.1, 0.15) is 12.8 Å². The molecular weight excluding hydrogens is 268 g/mol. The van der Waals surface area contributed by atoms with Crippen LogP contribution in [0, 0.1) is 5.92 Å². The van der Waals surface area contributed by atoms with E-state index < -0.39 is 10.0 Å². The van der Waals surface area contributed by atoms with Crippen LogP contribution in [0.5, 0.6) is 5.75 Å². The Morgan fingerprint density at radius 2 is 2.16 bits per heavy atom. The van der Waals surface area contributed by atoms with Crippen LogP contribution < -0.4 is 10.5 Å². The van der Waals surface area contributed by atoms with E-state index in [-0.39, 0.29) is 22.9 Å². The fourth-order valence-corrected chi connectivity index (χ4v) is 2.61. The van der Waals surface area contributed by atoms with Crippen molar-refractivity contribution in [3.63, 3.8) is 0 Å². The first-order chi connectivity index (χ1) is 8.99. The van der Waals surface area contributed by atoms with Crippen LogP contribution >= 0.6 is 0 Å². The number of phenols is 1. The zero-order chi connectivity index (χ0) is 13.9. The van der Waals surface area contributed by atoms with Gasteiger partial charge in [0.05, 0.1) is 17.2 Å². The summed E-state index contributed by atoms with van der Waals surface area (Å²) < 4.78 is 31.6. The van der Waals surface area contributed by atoms with Crippen LogP contribution in [-0.4, -0.2) is 33.3 Å². The smallest absolute Gasteiger partial charge is 0.240 e. The summed E-state index contributed by atoms with van der Waals surface area (Å²) in [6, 6.07) is 3.79. The number of rotatable bonds is 7. The number of anilines is 1. The molecule has 19 heavy (non-hydrogen) atoms. The zero-order valence-corrected chi connectivity index (χ0v) is 11.3. The molecule has 0 unspecified atom stereocenters. The second-order valence-corrected chi connectivity index (χ2v) is 6.40. The number of nitrogen functional groups attached to an aromatic ring is 1. The fourth-order valence-electron chi connectivity index (χ4n) is 1.57. The molecule has 106 valence electrons. The third-order valence-electron chi connectivity index (χ3n) is 2.90. The van der Waals surface area contributed by atoms with E-state index in [4.69, 9.17) is 10.5 Å². The van der Waals surface area contributed by atoms with Gasteiger partial charge in [-0.25, -0.2) is 13.1 Å². The molecule has 0 spiro atoms. The van der Waals surface area contributed by atoms with Crippen molar-refractivity contribution in [1.82, 2.24) is 4.72 Å². The molecule has 1 aliphatic carbocycles. The molecule has 1 saturated carbocycles. The van der Waals surface area contributed by atoms with Gasteiger partial charge in [0, 0.05) is 13.2 Å². The van der Waals surface area contributed by atoms with E-state index in [1.54, 1.807) is 0 Å². The third-order valence-corrected chi connectivity index (χ3v) is 4.36. The van der Waals surface area contributed by atoms with Crippen LogP contribution in [0.4, 0.5) is 5.69 Å². The molecule has 0 amide bonds. The van der Waals surface area contributed by atoms with E-state index >= 15 is 0 Å². The lowest BCUT2D eigenvalue weighted by molar-refractivity contribution is 0.129. The lowest BCUT2D eigenvalue weighted by Gasteiger charge is -2.08. The van der Waals surface area contributed by atoms with Gasteiger partial charge < -0.3 is 15.6 Å². The third kappa shape index (κ3) is 4.09. The van der Waals surface area contributed by atoms with E-state index in [1.165, 1.54) is 31.0 Å². The van der Waals surface area contributed by atoms with Crippen molar-refractivity contribution in [2.24, 2.45) is 5.92 Å². The van der Waals surface area contributed by atoms with Crippen LogP contribution in [0.3, 0.4) is 0 Å². The number of ether oxygens (including phenoxy) is 1. The molecule has 1 aliphatic rings. The van der Waals surface area contributed by atoms with E-state index in [0.29, 0.717) is 19.1 Å². The molecule has 2 rings (SSSR count). The molecule has 0 aromatic heterocycles. The van der Waals surface area contributed by atoms with E-state index in [2.05, 4.69) is 4.72 Å². The van der Waals surface area contributed by atoms with Crippen molar-refractivity contribution in [3.05, 3.63) is 18.2 Å². The van der Waals surface area contributed by atoms with Crippen molar-refractivity contribution >= 4 is 15.7 Å². The SMILES string of the molecule is Nc1cc(S(=O)(=O)NCCOCC2CC2)ccc1O. The fraction of sp³-hybridized carbons (Fsp3) is 0.500. The summed E-state index contributed by atoms with van der Waals surface area (Å²) in [6.07, 6.45) is 2.41. The second-order valence-electron chi connectivity index (χ2n) is 4.64. The zero-order valence-electron chi connectivity index (χ0n) is 10.5. The number of hydrogen-bond donors (Lipinski definition) is 3. The molecule has 1 aromatic carbocycles. The molecule has 0 saturated heterocycles. The number of aromatic hydroxyl groups is 1. The maximum Gasteiger partial charge on any atom is 0.240 e. The average molecular weight is 286 g/mol. The monoisotopic (exact) mass is 286 g/mol. The maximum atomic E-state index is 11.9. The Morgan fingerprint density at radius 3 is 2.79 bits per heavy atom. The Bertz CT molecular complexity index is 541. The Morgan fingerprint density at radius 1 is 1.42 bits per heavy atom. The first-order valence-corrected chi connectivity index (χ1v) is 7.63. The van der Waals surface area contributed by atoms with Crippen molar-refractivity contribution in [3.8, 4) is 5.75 Å². The van der Waals surface area contributed by atoms with Gasteiger partial charge in [-0.05, 0) is 37.0 Å². The Kier molecular flexibility index (Phi) is 4.28. The van der Waals surface area contributed by atoms with Crippen molar-refractivity contribution in [1.29, 1.82) is 0 Å². The second kappa shape index (κ2) is 5.77. The first-order valence-electron chi connectivity index (χ1n) is 6.15.